The van der Waals surface area contributed by atoms with Gasteiger partial charge in [-0.25, -0.2) is 4.58 Å². The molecule has 2 aliphatic heterocycles. The molecule has 0 unspecified atom stereocenters. The first-order valence-electron chi connectivity index (χ1n) is 13.1. The van der Waals surface area contributed by atoms with Crippen LogP contribution in [0.3, 0.4) is 0 Å². The van der Waals surface area contributed by atoms with Gasteiger partial charge in [0.05, 0.1) is 5.41 Å². The van der Waals surface area contributed by atoms with E-state index in [9.17, 15) is 0 Å². The average Bonchev–Trinajstić information content (AvgIpc) is 3.20. The van der Waals surface area contributed by atoms with Gasteiger partial charge in [-0.05, 0) is 58.8 Å². The van der Waals surface area contributed by atoms with E-state index < -0.39 is 0 Å². The zero-order chi connectivity index (χ0) is 25.9. The largest absolute Gasteiger partial charge is 0.359 e. The minimum Gasteiger partial charge on any atom is -0.359 e. The van der Waals surface area contributed by atoms with Crippen molar-refractivity contribution in [1.29, 1.82) is 0 Å². The van der Waals surface area contributed by atoms with Crippen LogP contribution in [0.4, 0.5) is 11.4 Å². The van der Waals surface area contributed by atoms with Crippen molar-refractivity contribution >= 4 is 38.6 Å². The molecule has 6 rings (SSSR count). The molecule has 2 heterocycles. The van der Waals surface area contributed by atoms with E-state index in [0.717, 1.165) is 0 Å². The molecule has 4 aromatic rings. The zero-order valence-electron chi connectivity index (χ0n) is 23.2. The van der Waals surface area contributed by atoms with E-state index in [4.69, 9.17) is 0 Å². The van der Waals surface area contributed by atoms with Gasteiger partial charge >= 0.3 is 0 Å². The molecule has 187 valence electrons. The van der Waals surface area contributed by atoms with Crippen molar-refractivity contribution in [2.75, 3.05) is 19.0 Å². The predicted octanol–water partition coefficient (Wildman–Crippen LogP) is 8.22. The summed E-state index contributed by atoms with van der Waals surface area (Å²) >= 11 is 0. The van der Waals surface area contributed by atoms with Gasteiger partial charge in [-0.1, -0.05) is 74.5 Å². The summed E-state index contributed by atoms with van der Waals surface area (Å²) in [5, 5.41) is 5.21. The summed E-state index contributed by atoms with van der Waals surface area (Å²) in [6, 6.07) is 26.5. The molecule has 2 nitrogen and oxygen atoms in total. The molecule has 0 fully saturated rings. The van der Waals surface area contributed by atoms with Gasteiger partial charge in [0.15, 0.2) is 0 Å². The summed E-state index contributed by atoms with van der Waals surface area (Å²) in [4.78, 5) is 2.33. The third-order valence-corrected chi connectivity index (χ3v) is 8.47. The Kier molecular flexibility index (Phi) is 6.87. The number of likely N-dealkylation sites (N-methyl/N-ethyl adjacent to an activating group) is 1. The minimum atomic E-state index is -0.0844. The second-order valence-corrected chi connectivity index (χ2v) is 11.4. The Labute approximate surface area is 251 Å². The normalized spacial score (nSPS) is 18.7. The summed E-state index contributed by atoms with van der Waals surface area (Å²) < 4.78 is 2.33. The second-order valence-electron chi connectivity index (χ2n) is 11.4. The molecule has 0 saturated heterocycles. The molecule has 3 heteroatoms. The fourth-order valence-electron chi connectivity index (χ4n) is 6.52. The number of anilines is 1. The Balaban J connectivity index is 0.00000294. The van der Waals surface area contributed by atoms with Crippen LogP contribution in [0.2, 0.25) is 0 Å². The van der Waals surface area contributed by atoms with Crippen LogP contribution in [0.5, 0.6) is 0 Å². The maximum atomic E-state index is 3.42. The molecule has 1 radical (unpaired) electrons. The predicted molar refractivity (Wildman–Crippen MR) is 158 cm³/mol. The maximum Gasteiger partial charge on any atom is 0.209 e. The Morgan fingerprint density at radius 1 is 0.816 bits per heavy atom. The van der Waals surface area contributed by atoms with Crippen molar-refractivity contribution in [3.63, 3.8) is 0 Å². The van der Waals surface area contributed by atoms with E-state index in [0.29, 0.717) is 0 Å². The van der Waals surface area contributed by atoms with Crippen LogP contribution in [-0.4, -0.2) is 24.4 Å². The van der Waals surface area contributed by atoms with E-state index in [1.807, 2.05) is 0 Å². The van der Waals surface area contributed by atoms with Crippen LogP contribution in [0, 0.1) is 6.08 Å². The Morgan fingerprint density at radius 2 is 1.47 bits per heavy atom. The minimum absolute atomic E-state index is 0. The van der Waals surface area contributed by atoms with Gasteiger partial charge in [0, 0.05) is 62.5 Å². The van der Waals surface area contributed by atoms with E-state index in [2.05, 4.69) is 154 Å². The van der Waals surface area contributed by atoms with Gasteiger partial charge in [-0.3, -0.25) is 0 Å². The zero-order valence-corrected chi connectivity index (χ0v) is 26.0. The second kappa shape index (κ2) is 9.74. The molecule has 4 aromatic carbocycles. The maximum absolute atomic E-state index is 3.42. The number of allylic oxidation sites excluding steroid dienone is 6. The van der Waals surface area contributed by atoms with Gasteiger partial charge in [-0.15, -0.1) is 6.08 Å². The average molecular weight is 572 g/mol. The van der Waals surface area contributed by atoms with E-state index in [-0.39, 0.29) is 43.5 Å². The van der Waals surface area contributed by atoms with Crippen LogP contribution in [-0.2, 0) is 43.5 Å². The summed E-state index contributed by atoms with van der Waals surface area (Å²) in [7, 11) is 4.34. The van der Waals surface area contributed by atoms with Gasteiger partial charge in [0.1, 0.15) is 12.8 Å². The summed E-state index contributed by atoms with van der Waals surface area (Å²) in [5.74, 6) is 0. The molecular formula is C35H34N2Y. The third kappa shape index (κ3) is 4.05. The SMILES string of the molecule is CN1C(=CC=[C-]C=CC2=[N+](C)c3cc4ccccc4cc3C2(C)C)C(C)(C)c2c1ccc1ccccc21.[Y]. The number of nitrogens with zero attached hydrogens (tertiary/aromatic N) is 2. The molecule has 0 aliphatic carbocycles. The number of hydrogen-bond donors (Lipinski definition) is 0. The number of benzene rings is 4. The molecule has 0 N–H and O–H groups in total. The fraction of sp³-hybridized carbons (Fsp3) is 0.229. The molecule has 0 bridgehead atoms. The quantitative estimate of drug-likeness (QED) is 0.136. The van der Waals surface area contributed by atoms with Crippen LogP contribution < -0.4 is 4.90 Å². The number of rotatable bonds is 3. The van der Waals surface area contributed by atoms with Crippen molar-refractivity contribution in [3.05, 3.63) is 120 Å². The number of hydrogen-bond acceptors (Lipinski definition) is 1. The molecule has 0 atom stereocenters. The summed E-state index contributed by atoms with van der Waals surface area (Å²) in [5.41, 5.74) is 7.76. The van der Waals surface area contributed by atoms with Crippen molar-refractivity contribution in [2.45, 2.75) is 38.5 Å². The van der Waals surface area contributed by atoms with Gasteiger partial charge in [0.25, 0.3) is 0 Å². The van der Waals surface area contributed by atoms with Crippen molar-refractivity contribution in [2.24, 2.45) is 0 Å². The molecule has 2 aliphatic rings. The molecule has 0 aromatic heterocycles. The van der Waals surface area contributed by atoms with Crippen molar-refractivity contribution in [1.82, 2.24) is 0 Å². The van der Waals surface area contributed by atoms with Crippen molar-refractivity contribution in [3.8, 4) is 0 Å². The van der Waals surface area contributed by atoms with Crippen LogP contribution in [0.15, 0.2) is 103 Å². The van der Waals surface area contributed by atoms with Crippen molar-refractivity contribution < 1.29 is 37.3 Å². The molecule has 0 amide bonds. The van der Waals surface area contributed by atoms with Crippen LogP contribution >= 0.6 is 0 Å². The molecule has 0 saturated carbocycles. The molecule has 0 spiro atoms. The Morgan fingerprint density at radius 3 is 2.21 bits per heavy atom. The van der Waals surface area contributed by atoms with Crippen LogP contribution in [0.25, 0.3) is 21.5 Å². The standard InChI is InChI=1S/C35H34N2.Y/c1-34(2)28-22-25-15-10-11-16-26(25)23-30(28)37(6)31(34)18-8-7-9-19-32-35(3,4)33-27-17-13-12-14-24(27)20-21-29(33)36(32)5;/h8-23H,1-6H3;. The first-order valence-corrected chi connectivity index (χ1v) is 13.1. The smallest absolute Gasteiger partial charge is 0.209 e. The first kappa shape index (κ1) is 26.8. The third-order valence-electron chi connectivity index (χ3n) is 8.47. The van der Waals surface area contributed by atoms with Gasteiger partial charge < -0.3 is 4.90 Å². The Hall–Kier alpha value is -2.81. The Bertz CT molecular complexity index is 1700. The number of fused-ring (bicyclic) bond motifs is 5. The topological polar surface area (TPSA) is 6.25 Å². The van der Waals surface area contributed by atoms with E-state index >= 15 is 0 Å². The van der Waals surface area contributed by atoms with E-state index in [1.165, 1.54) is 55.5 Å². The van der Waals surface area contributed by atoms with E-state index in [1.54, 1.807) is 0 Å². The molecule has 38 heavy (non-hydrogen) atoms. The van der Waals surface area contributed by atoms with Gasteiger partial charge in [-0.2, -0.15) is 18.2 Å². The first-order chi connectivity index (χ1) is 17.7. The summed E-state index contributed by atoms with van der Waals surface area (Å²) in [6.07, 6.45) is 12.0. The fourth-order valence-corrected chi connectivity index (χ4v) is 6.52. The van der Waals surface area contributed by atoms with Gasteiger partial charge in [0.2, 0.25) is 5.69 Å². The van der Waals surface area contributed by atoms with Crippen LogP contribution in [0.1, 0.15) is 38.8 Å². The monoisotopic (exact) mass is 571 g/mol. The molecular weight excluding hydrogens is 537 g/mol. The summed E-state index contributed by atoms with van der Waals surface area (Å²) in [6.45, 7) is 9.27.